The molecule has 1 amide bonds. The second kappa shape index (κ2) is 11.8. The van der Waals surface area contributed by atoms with Crippen LogP contribution in [0.1, 0.15) is 30.8 Å². The van der Waals surface area contributed by atoms with Crippen LogP contribution in [-0.4, -0.2) is 42.0 Å². The molecule has 0 aromatic carbocycles. The summed E-state index contributed by atoms with van der Waals surface area (Å²) in [7, 11) is 0. The van der Waals surface area contributed by atoms with Crippen LogP contribution >= 0.6 is 24.8 Å². The SMILES string of the molecule is CCCN(CC)CCNC(=O)c1cccc(N)n1.Cl.Cl. The number of hydrogen-bond donors (Lipinski definition) is 2. The Balaban J connectivity index is 0. The van der Waals surface area contributed by atoms with Crippen molar-refractivity contribution in [3.8, 4) is 0 Å². The summed E-state index contributed by atoms with van der Waals surface area (Å²) in [5.74, 6) is 0.193. The molecule has 0 radical (unpaired) electrons. The third kappa shape index (κ3) is 7.53. The van der Waals surface area contributed by atoms with Gasteiger partial charge in [-0.25, -0.2) is 4.98 Å². The fourth-order valence-electron chi connectivity index (χ4n) is 1.74. The summed E-state index contributed by atoms with van der Waals surface area (Å²) in [6, 6.07) is 5.05. The highest BCUT2D eigenvalue weighted by Crippen LogP contribution is 1.99. The number of rotatable bonds is 7. The van der Waals surface area contributed by atoms with Crippen LogP contribution in [0.2, 0.25) is 0 Å². The summed E-state index contributed by atoms with van der Waals surface area (Å²) in [6.45, 7) is 7.82. The van der Waals surface area contributed by atoms with Gasteiger partial charge in [0.25, 0.3) is 5.91 Å². The Bertz CT molecular complexity index is 390. The number of hydrogen-bond acceptors (Lipinski definition) is 4. The Labute approximate surface area is 133 Å². The third-order valence-corrected chi connectivity index (χ3v) is 2.70. The number of nitrogens with zero attached hydrogens (tertiary/aromatic N) is 2. The first kappa shape index (κ1) is 21.3. The first-order valence-corrected chi connectivity index (χ1v) is 6.40. The molecule has 7 heteroatoms. The minimum atomic E-state index is -0.171. The number of nitrogen functional groups attached to an aromatic ring is 1. The molecular weight excluding hydrogens is 299 g/mol. The van der Waals surface area contributed by atoms with E-state index >= 15 is 0 Å². The summed E-state index contributed by atoms with van der Waals surface area (Å²) in [6.07, 6.45) is 1.12. The fraction of sp³-hybridized carbons (Fsp3) is 0.538. The maximum Gasteiger partial charge on any atom is 0.270 e. The Morgan fingerprint density at radius 1 is 1.30 bits per heavy atom. The van der Waals surface area contributed by atoms with Gasteiger partial charge in [0.05, 0.1) is 0 Å². The summed E-state index contributed by atoms with van der Waals surface area (Å²) in [4.78, 5) is 18.1. The molecule has 0 unspecified atom stereocenters. The third-order valence-electron chi connectivity index (χ3n) is 2.70. The molecule has 1 aromatic rings. The maximum atomic E-state index is 11.8. The van der Waals surface area contributed by atoms with Gasteiger partial charge >= 0.3 is 0 Å². The topological polar surface area (TPSA) is 71.2 Å². The molecular formula is C13H24Cl2N4O. The largest absolute Gasteiger partial charge is 0.384 e. The average molecular weight is 323 g/mol. The van der Waals surface area contributed by atoms with E-state index in [1.54, 1.807) is 18.2 Å². The number of likely N-dealkylation sites (N-methyl/N-ethyl adjacent to an activating group) is 1. The van der Waals surface area contributed by atoms with Crippen LogP contribution in [0, 0.1) is 0 Å². The number of nitrogens with two attached hydrogens (primary N) is 1. The van der Waals surface area contributed by atoms with E-state index in [1.807, 2.05) is 0 Å². The van der Waals surface area contributed by atoms with E-state index in [2.05, 4.69) is 29.0 Å². The van der Waals surface area contributed by atoms with Crippen molar-refractivity contribution in [2.24, 2.45) is 0 Å². The van der Waals surface area contributed by atoms with Gasteiger partial charge in [0, 0.05) is 13.1 Å². The number of pyridine rings is 1. The molecule has 0 bridgehead atoms. The van der Waals surface area contributed by atoms with Crippen LogP contribution in [0.25, 0.3) is 0 Å². The van der Waals surface area contributed by atoms with Crippen molar-refractivity contribution < 1.29 is 4.79 Å². The molecule has 20 heavy (non-hydrogen) atoms. The van der Waals surface area contributed by atoms with E-state index in [9.17, 15) is 4.79 Å². The van der Waals surface area contributed by atoms with Crippen molar-refractivity contribution in [1.29, 1.82) is 0 Å². The van der Waals surface area contributed by atoms with Crippen LogP contribution in [0.3, 0.4) is 0 Å². The van der Waals surface area contributed by atoms with Gasteiger partial charge in [0.2, 0.25) is 0 Å². The molecule has 1 rings (SSSR count). The zero-order valence-corrected chi connectivity index (χ0v) is 13.6. The van der Waals surface area contributed by atoms with Crippen LogP contribution in [-0.2, 0) is 0 Å². The predicted octanol–water partition coefficient (Wildman–Crippen LogP) is 1.97. The number of carbonyl (C=O) groups is 1. The fourth-order valence-corrected chi connectivity index (χ4v) is 1.74. The Hall–Kier alpha value is -1.04. The number of anilines is 1. The van der Waals surface area contributed by atoms with Crippen molar-refractivity contribution in [2.75, 3.05) is 31.9 Å². The first-order valence-electron chi connectivity index (χ1n) is 6.40. The molecule has 3 N–H and O–H groups in total. The summed E-state index contributed by atoms with van der Waals surface area (Å²) < 4.78 is 0. The first-order chi connectivity index (χ1) is 8.67. The molecule has 116 valence electrons. The van der Waals surface area contributed by atoms with Crippen LogP contribution < -0.4 is 11.1 Å². The lowest BCUT2D eigenvalue weighted by molar-refractivity contribution is 0.0944. The van der Waals surface area contributed by atoms with E-state index in [4.69, 9.17) is 5.73 Å². The van der Waals surface area contributed by atoms with Gasteiger partial charge in [-0.15, -0.1) is 24.8 Å². The Morgan fingerprint density at radius 2 is 2.00 bits per heavy atom. The summed E-state index contributed by atoms with van der Waals surface area (Å²) >= 11 is 0. The quantitative estimate of drug-likeness (QED) is 0.805. The van der Waals surface area contributed by atoms with Gasteiger partial charge < -0.3 is 16.0 Å². The molecule has 0 atom stereocenters. The number of halogens is 2. The second-order valence-electron chi connectivity index (χ2n) is 4.14. The van der Waals surface area contributed by atoms with Crippen molar-refractivity contribution in [1.82, 2.24) is 15.2 Å². The molecule has 0 aliphatic carbocycles. The van der Waals surface area contributed by atoms with E-state index in [0.717, 1.165) is 26.1 Å². The van der Waals surface area contributed by atoms with Gasteiger partial charge in [-0.05, 0) is 31.6 Å². The standard InChI is InChI=1S/C13H22N4O.2ClH/c1-3-9-17(4-2)10-8-15-13(18)11-6-5-7-12(14)16-11;;/h5-7H,3-4,8-10H2,1-2H3,(H2,14,16)(H,15,18);2*1H. The van der Waals surface area contributed by atoms with Gasteiger partial charge in [0.1, 0.15) is 11.5 Å². The summed E-state index contributed by atoms with van der Waals surface area (Å²) in [5, 5.41) is 2.85. The van der Waals surface area contributed by atoms with E-state index < -0.39 is 0 Å². The highest BCUT2D eigenvalue weighted by molar-refractivity contribution is 5.92. The normalized spacial score (nSPS) is 9.55. The van der Waals surface area contributed by atoms with E-state index in [0.29, 0.717) is 18.1 Å². The molecule has 0 saturated carbocycles. The number of nitrogens with one attached hydrogen (secondary N) is 1. The molecule has 0 aliphatic heterocycles. The van der Waals surface area contributed by atoms with Crippen molar-refractivity contribution in [2.45, 2.75) is 20.3 Å². The maximum absolute atomic E-state index is 11.8. The highest BCUT2D eigenvalue weighted by atomic mass is 35.5. The van der Waals surface area contributed by atoms with Crippen molar-refractivity contribution in [3.05, 3.63) is 23.9 Å². The molecule has 0 aliphatic rings. The molecule has 0 fully saturated rings. The molecule has 5 nitrogen and oxygen atoms in total. The molecule has 0 spiro atoms. The van der Waals surface area contributed by atoms with Gasteiger partial charge in [-0.3, -0.25) is 4.79 Å². The smallest absolute Gasteiger partial charge is 0.270 e. The van der Waals surface area contributed by atoms with Crippen LogP contribution in [0.15, 0.2) is 18.2 Å². The lowest BCUT2D eigenvalue weighted by Gasteiger charge is -2.19. The van der Waals surface area contributed by atoms with Crippen molar-refractivity contribution in [3.63, 3.8) is 0 Å². The van der Waals surface area contributed by atoms with E-state index in [1.165, 1.54) is 0 Å². The predicted molar refractivity (Wildman–Crippen MR) is 87.9 cm³/mol. The lowest BCUT2D eigenvalue weighted by atomic mass is 10.3. The Kier molecular flexibility index (Phi) is 12.5. The van der Waals surface area contributed by atoms with Crippen LogP contribution in [0.4, 0.5) is 5.82 Å². The zero-order valence-electron chi connectivity index (χ0n) is 12.0. The summed E-state index contributed by atoms with van der Waals surface area (Å²) in [5.41, 5.74) is 5.90. The highest BCUT2D eigenvalue weighted by Gasteiger charge is 2.07. The Morgan fingerprint density at radius 3 is 2.55 bits per heavy atom. The van der Waals surface area contributed by atoms with Gasteiger partial charge in [-0.2, -0.15) is 0 Å². The average Bonchev–Trinajstić information content (AvgIpc) is 2.37. The van der Waals surface area contributed by atoms with Gasteiger partial charge in [0.15, 0.2) is 0 Å². The second-order valence-corrected chi connectivity index (χ2v) is 4.14. The van der Waals surface area contributed by atoms with Crippen LogP contribution in [0.5, 0.6) is 0 Å². The number of aromatic nitrogens is 1. The lowest BCUT2D eigenvalue weighted by Crippen LogP contribution is -2.35. The van der Waals surface area contributed by atoms with Gasteiger partial charge in [-0.1, -0.05) is 19.9 Å². The molecule has 1 aromatic heterocycles. The number of carbonyl (C=O) groups excluding carboxylic acids is 1. The molecule has 1 heterocycles. The monoisotopic (exact) mass is 322 g/mol. The molecule has 0 saturated heterocycles. The minimum absolute atomic E-state index is 0. The van der Waals surface area contributed by atoms with E-state index in [-0.39, 0.29) is 30.7 Å². The van der Waals surface area contributed by atoms with Crippen molar-refractivity contribution >= 4 is 36.5 Å². The number of amides is 1. The zero-order chi connectivity index (χ0) is 13.4. The minimum Gasteiger partial charge on any atom is -0.384 e.